The van der Waals surface area contributed by atoms with Crippen LogP contribution >= 0.6 is 0 Å². The third-order valence-electron chi connectivity index (χ3n) is 4.27. The summed E-state index contributed by atoms with van der Waals surface area (Å²) in [7, 11) is 0. The van der Waals surface area contributed by atoms with Crippen LogP contribution in [-0.2, 0) is 11.2 Å². The van der Waals surface area contributed by atoms with Gasteiger partial charge >= 0.3 is 0 Å². The molecule has 0 spiro atoms. The lowest BCUT2D eigenvalue weighted by atomic mass is 10.0. The van der Waals surface area contributed by atoms with Crippen molar-refractivity contribution in [2.75, 3.05) is 0 Å². The topological polar surface area (TPSA) is 111 Å². The maximum Gasteiger partial charge on any atom is 0.270 e. The van der Waals surface area contributed by atoms with Gasteiger partial charge in [0.2, 0.25) is 17.6 Å². The van der Waals surface area contributed by atoms with Crippen molar-refractivity contribution < 1.29 is 14.2 Å². The summed E-state index contributed by atoms with van der Waals surface area (Å²) in [5.74, 6) is 0.610. The van der Waals surface area contributed by atoms with E-state index in [1.54, 1.807) is 12.1 Å². The van der Waals surface area contributed by atoms with Crippen LogP contribution in [0.5, 0.6) is 0 Å². The van der Waals surface area contributed by atoms with Gasteiger partial charge in [-0.25, -0.2) is 0 Å². The maximum atomic E-state index is 12.3. The molecule has 3 rings (SSSR count). The van der Waals surface area contributed by atoms with Crippen LogP contribution in [-0.4, -0.2) is 21.0 Å². The fourth-order valence-corrected chi connectivity index (χ4v) is 2.93. The number of nitrogens with one attached hydrogen (secondary N) is 1. The molecule has 0 saturated carbocycles. The van der Waals surface area contributed by atoms with E-state index in [2.05, 4.69) is 15.5 Å². The van der Waals surface area contributed by atoms with E-state index in [4.69, 9.17) is 4.52 Å². The fourth-order valence-electron chi connectivity index (χ4n) is 2.93. The molecule has 0 fully saturated rings. The van der Waals surface area contributed by atoms with Crippen LogP contribution in [0.2, 0.25) is 0 Å². The van der Waals surface area contributed by atoms with Gasteiger partial charge in [0.25, 0.3) is 5.69 Å². The first-order chi connectivity index (χ1) is 13.9. The largest absolute Gasteiger partial charge is 0.344 e. The van der Waals surface area contributed by atoms with Gasteiger partial charge in [0.15, 0.2) is 0 Å². The monoisotopic (exact) mass is 394 g/mol. The Balaban J connectivity index is 1.86. The Morgan fingerprint density at radius 1 is 1.17 bits per heavy atom. The minimum atomic E-state index is -0.497. The first kappa shape index (κ1) is 20.2. The molecule has 0 aliphatic heterocycles. The quantitative estimate of drug-likeness (QED) is 0.455. The number of nitro groups is 1. The standard InChI is InChI=1S/C21H22N4O4/c1-14(2)11-19(26)22-18(12-15-7-4-3-5-8-15)21-23-20(24-29-21)16-9-6-10-17(13-16)25(27)28/h3-10,13-14,18H,11-12H2,1-2H3,(H,22,26). The van der Waals surface area contributed by atoms with Gasteiger partial charge in [0.1, 0.15) is 6.04 Å². The van der Waals surface area contributed by atoms with Crippen molar-refractivity contribution >= 4 is 11.6 Å². The number of benzene rings is 2. The summed E-state index contributed by atoms with van der Waals surface area (Å²) in [5, 5.41) is 17.9. The van der Waals surface area contributed by atoms with Crippen molar-refractivity contribution in [3.05, 3.63) is 76.2 Å². The second-order valence-corrected chi connectivity index (χ2v) is 7.17. The number of hydrogen-bond donors (Lipinski definition) is 1. The molecule has 0 aliphatic rings. The zero-order valence-electron chi connectivity index (χ0n) is 16.2. The SMILES string of the molecule is CC(C)CC(=O)NC(Cc1ccccc1)c1nc(-c2cccc([N+](=O)[O-])c2)no1. The average Bonchev–Trinajstić information content (AvgIpc) is 3.18. The summed E-state index contributed by atoms with van der Waals surface area (Å²) in [5.41, 5.74) is 1.43. The Morgan fingerprint density at radius 2 is 1.93 bits per heavy atom. The molecule has 1 amide bonds. The zero-order chi connectivity index (χ0) is 20.8. The maximum absolute atomic E-state index is 12.3. The third kappa shape index (κ3) is 5.47. The molecule has 1 aromatic heterocycles. The molecule has 1 heterocycles. The summed E-state index contributed by atoms with van der Waals surface area (Å²) >= 11 is 0. The van der Waals surface area contributed by atoms with Gasteiger partial charge in [-0.2, -0.15) is 4.98 Å². The van der Waals surface area contributed by atoms with Gasteiger partial charge < -0.3 is 9.84 Å². The first-order valence-corrected chi connectivity index (χ1v) is 9.34. The highest BCUT2D eigenvalue weighted by Gasteiger charge is 2.23. The van der Waals surface area contributed by atoms with E-state index in [0.717, 1.165) is 5.56 Å². The lowest BCUT2D eigenvalue weighted by Crippen LogP contribution is -2.31. The lowest BCUT2D eigenvalue weighted by Gasteiger charge is -2.16. The Hall–Kier alpha value is -3.55. The van der Waals surface area contributed by atoms with Gasteiger partial charge in [-0.15, -0.1) is 0 Å². The van der Waals surface area contributed by atoms with Gasteiger partial charge in [-0.3, -0.25) is 14.9 Å². The van der Waals surface area contributed by atoms with Gasteiger partial charge in [0.05, 0.1) is 4.92 Å². The molecule has 150 valence electrons. The predicted octanol–water partition coefficient (Wildman–Crippen LogP) is 4.09. The number of nitro benzene ring substituents is 1. The molecule has 0 saturated heterocycles. The molecule has 1 N–H and O–H groups in total. The van der Waals surface area contributed by atoms with Crippen molar-refractivity contribution in [2.45, 2.75) is 32.7 Å². The van der Waals surface area contributed by atoms with Crippen molar-refractivity contribution in [1.82, 2.24) is 15.5 Å². The zero-order valence-corrected chi connectivity index (χ0v) is 16.2. The highest BCUT2D eigenvalue weighted by Crippen LogP contribution is 2.24. The smallest absolute Gasteiger partial charge is 0.270 e. The van der Waals surface area contributed by atoms with E-state index >= 15 is 0 Å². The van der Waals surface area contributed by atoms with Crippen LogP contribution in [0.3, 0.4) is 0 Å². The highest BCUT2D eigenvalue weighted by atomic mass is 16.6. The Kier molecular flexibility index (Phi) is 6.33. The van der Waals surface area contributed by atoms with E-state index in [0.29, 0.717) is 18.4 Å². The number of non-ortho nitro benzene ring substituents is 1. The minimum absolute atomic E-state index is 0.0556. The molecule has 2 aromatic carbocycles. The average molecular weight is 394 g/mol. The van der Waals surface area contributed by atoms with Crippen LogP contribution in [0, 0.1) is 16.0 Å². The van der Waals surface area contributed by atoms with E-state index in [-0.39, 0.29) is 29.2 Å². The van der Waals surface area contributed by atoms with Crippen molar-refractivity contribution in [3.8, 4) is 11.4 Å². The second kappa shape index (κ2) is 9.09. The predicted molar refractivity (Wildman–Crippen MR) is 107 cm³/mol. The van der Waals surface area contributed by atoms with Crippen LogP contribution < -0.4 is 5.32 Å². The number of rotatable bonds is 8. The van der Waals surface area contributed by atoms with Crippen LogP contribution in [0.15, 0.2) is 59.1 Å². The second-order valence-electron chi connectivity index (χ2n) is 7.17. The number of aromatic nitrogens is 2. The van der Waals surface area contributed by atoms with Crippen LogP contribution in [0.1, 0.15) is 37.8 Å². The van der Waals surface area contributed by atoms with E-state index in [1.807, 2.05) is 44.2 Å². The molecule has 29 heavy (non-hydrogen) atoms. The summed E-state index contributed by atoms with van der Waals surface area (Å²) in [6.45, 7) is 3.94. The molecule has 1 atom stereocenters. The number of carbonyl (C=O) groups excluding carboxylic acids is 1. The van der Waals surface area contributed by atoms with E-state index < -0.39 is 11.0 Å². The molecule has 1 unspecified atom stereocenters. The lowest BCUT2D eigenvalue weighted by molar-refractivity contribution is -0.384. The summed E-state index contributed by atoms with van der Waals surface area (Å²) in [4.78, 5) is 27.3. The van der Waals surface area contributed by atoms with Gasteiger partial charge in [0, 0.05) is 30.5 Å². The number of amides is 1. The molecular formula is C21H22N4O4. The van der Waals surface area contributed by atoms with Crippen molar-refractivity contribution in [3.63, 3.8) is 0 Å². The molecule has 8 nitrogen and oxygen atoms in total. The number of hydrogen-bond acceptors (Lipinski definition) is 6. The third-order valence-corrected chi connectivity index (χ3v) is 4.27. The molecule has 0 aliphatic carbocycles. The van der Waals surface area contributed by atoms with Crippen molar-refractivity contribution in [2.24, 2.45) is 5.92 Å². The number of nitrogens with zero attached hydrogens (tertiary/aromatic N) is 3. The van der Waals surface area contributed by atoms with E-state index in [1.165, 1.54) is 12.1 Å². The summed E-state index contributed by atoms with van der Waals surface area (Å²) in [6.07, 6.45) is 0.873. The normalized spacial score (nSPS) is 12.0. The summed E-state index contributed by atoms with van der Waals surface area (Å²) < 4.78 is 5.41. The molecule has 0 radical (unpaired) electrons. The van der Waals surface area contributed by atoms with E-state index in [9.17, 15) is 14.9 Å². The first-order valence-electron chi connectivity index (χ1n) is 9.34. The minimum Gasteiger partial charge on any atom is -0.344 e. The van der Waals surface area contributed by atoms with Gasteiger partial charge in [-0.1, -0.05) is 61.5 Å². The summed E-state index contributed by atoms with van der Waals surface area (Å²) in [6, 6.07) is 15.2. The Morgan fingerprint density at radius 3 is 2.62 bits per heavy atom. The van der Waals surface area contributed by atoms with Gasteiger partial charge in [-0.05, 0) is 11.5 Å². The Labute approximate surface area is 168 Å². The number of carbonyl (C=O) groups is 1. The molecule has 8 heteroatoms. The highest BCUT2D eigenvalue weighted by molar-refractivity contribution is 5.76. The fraction of sp³-hybridized carbons (Fsp3) is 0.286. The van der Waals surface area contributed by atoms with Crippen LogP contribution in [0.25, 0.3) is 11.4 Å². The van der Waals surface area contributed by atoms with Crippen molar-refractivity contribution in [1.29, 1.82) is 0 Å². The Bertz CT molecular complexity index is 985. The molecule has 3 aromatic rings. The van der Waals surface area contributed by atoms with Crippen LogP contribution in [0.4, 0.5) is 5.69 Å². The molecule has 0 bridgehead atoms. The molecular weight excluding hydrogens is 372 g/mol.